The van der Waals surface area contributed by atoms with Gasteiger partial charge in [0, 0.05) is 19.0 Å². The van der Waals surface area contributed by atoms with Crippen molar-refractivity contribution >= 4 is 17.2 Å². The molecule has 3 unspecified atom stereocenters. The Labute approximate surface area is 164 Å². The number of amides is 1. The fourth-order valence-corrected chi connectivity index (χ4v) is 5.24. The van der Waals surface area contributed by atoms with Crippen LogP contribution in [0.25, 0.3) is 5.65 Å². The van der Waals surface area contributed by atoms with Crippen LogP contribution in [0.3, 0.4) is 0 Å². The Bertz CT molecular complexity index is 954. The molecule has 6 rings (SSSR count). The molecule has 0 radical (unpaired) electrons. The fourth-order valence-electron chi connectivity index (χ4n) is 5.24. The van der Waals surface area contributed by atoms with E-state index in [4.69, 9.17) is 20.7 Å². The summed E-state index contributed by atoms with van der Waals surface area (Å²) < 4.78 is 7.86. The van der Waals surface area contributed by atoms with Gasteiger partial charge in [-0.2, -0.15) is 0 Å². The van der Waals surface area contributed by atoms with Crippen LogP contribution in [0.2, 0.25) is 0 Å². The minimum Gasteiger partial charge on any atom is -0.370 e. The summed E-state index contributed by atoms with van der Waals surface area (Å²) in [5.74, 6) is 5.68. The van der Waals surface area contributed by atoms with E-state index in [0.717, 1.165) is 30.7 Å². The van der Waals surface area contributed by atoms with Gasteiger partial charge in [0.15, 0.2) is 11.5 Å². The lowest BCUT2D eigenvalue weighted by Crippen LogP contribution is -2.54. The molecule has 8 heteroatoms. The Kier molecular flexibility index (Phi) is 3.77. The van der Waals surface area contributed by atoms with Crippen LogP contribution < -0.4 is 16.2 Å². The summed E-state index contributed by atoms with van der Waals surface area (Å²) in [5.41, 5.74) is 4.98. The van der Waals surface area contributed by atoms with E-state index in [9.17, 15) is 4.79 Å². The van der Waals surface area contributed by atoms with Gasteiger partial charge in [0.1, 0.15) is 5.60 Å². The summed E-state index contributed by atoms with van der Waals surface area (Å²) in [5, 5.41) is 4.75. The van der Waals surface area contributed by atoms with Gasteiger partial charge >= 0.3 is 0 Å². The van der Waals surface area contributed by atoms with Gasteiger partial charge in [-0.15, -0.1) is 5.10 Å². The normalized spacial score (nSPS) is 34.1. The second-order valence-corrected chi connectivity index (χ2v) is 9.07. The number of nitrogens with two attached hydrogens (primary N) is 1. The average Bonchev–Trinajstić information content (AvgIpc) is 3.42. The molecule has 5 heterocycles. The zero-order valence-corrected chi connectivity index (χ0v) is 16.7. The maximum absolute atomic E-state index is 12.2. The van der Waals surface area contributed by atoms with E-state index in [1.807, 2.05) is 4.52 Å². The number of carbonyl (C=O) groups is 1. The third kappa shape index (κ3) is 2.34. The molecule has 28 heavy (non-hydrogen) atoms. The van der Waals surface area contributed by atoms with E-state index in [0.29, 0.717) is 17.8 Å². The first kappa shape index (κ1) is 17.9. The highest BCUT2D eigenvalue weighted by atomic mass is 16.5. The third-order valence-electron chi connectivity index (χ3n) is 7.28. The van der Waals surface area contributed by atoms with E-state index in [1.54, 1.807) is 0 Å². The van der Waals surface area contributed by atoms with Crippen molar-refractivity contribution < 1.29 is 9.53 Å². The van der Waals surface area contributed by atoms with Crippen LogP contribution in [0, 0.1) is 24.2 Å². The quantitative estimate of drug-likeness (QED) is 0.471. The minimum atomic E-state index is -0.735. The number of fused-ring (bicyclic) bond motifs is 2. The first-order valence-electron chi connectivity index (χ1n) is 10.2. The molecule has 4 atom stereocenters. The highest BCUT2D eigenvalue weighted by Gasteiger charge is 2.67. The van der Waals surface area contributed by atoms with Crippen LogP contribution in [-0.4, -0.2) is 40.2 Å². The molecule has 2 bridgehead atoms. The number of ether oxygens (including phenoxy) is 1. The Morgan fingerprint density at radius 2 is 2.32 bits per heavy atom. The van der Waals surface area contributed by atoms with E-state index in [-0.39, 0.29) is 17.7 Å². The van der Waals surface area contributed by atoms with Gasteiger partial charge in [0.2, 0.25) is 5.91 Å². The van der Waals surface area contributed by atoms with Crippen LogP contribution in [0.4, 0.5) is 5.69 Å². The number of nitrogens with one attached hydrogen (secondary N) is 1. The van der Waals surface area contributed by atoms with Crippen LogP contribution in [0.1, 0.15) is 44.5 Å². The summed E-state index contributed by atoms with van der Waals surface area (Å²) in [6.07, 6.45) is 5.22. The molecule has 1 aliphatic carbocycles. The van der Waals surface area contributed by atoms with Gasteiger partial charge in [-0.1, -0.05) is 13.8 Å². The van der Waals surface area contributed by atoms with Crippen molar-refractivity contribution in [2.75, 3.05) is 24.6 Å². The predicted octanol–water partition coefficient (Wildman–Crippen LogP) is 1.52. The Hall–Kier alpha value is -2.19. The predicted molar refractivity (Wildman–Crippen MR) is 105 cm³/mol. The molecule has 2 aromatic heterocycles. The highest BCUT2D eigenvalue weighted by Crippen LogP contribution is 2.58. The Balaban J connectivity index is 1.51. The number of rotatable bonds is 4. The minimum absolute atomic E-state index is 0.194. The van der Waals surface area contributed by atoms with Gasteiger partial charge < -0.3 is 9.64 Å². The van der Waals surface area contributed by atoms with Crippen molar-refractivity contribution in [1.82, 2.24) is 20.0 Å². The third-order valence-corrected chi connectivity index (χ3v) is 7.28. The average molecular weight is 384 g/mol. The largest absolute Gasteiger partial charge is 0.370 e. The lowest BCUT2D eigenvalue weighted by Gasteiger charge is -2.41. The second-order valence-electron chi connectivity index (χ2n) is 9.07. The molecule has 3 N–H and O–H groups in total. The molecule has 1 amide bonds. The number of aryl methyl sites for hydroxylation is 1. The van der Waals surface area contributed by atoms with Crippen molar-refractivity contribution in [2.45, 2.75) is 45.6 Å². The summed E-state index contributed by atoms with van der Waals surface area (Å²) in [7, 11) is 0. The van der Waals surface area contributed by atoms with E-state index >= 15 is 0 Å². The zero-order valence-electron chi connectivity index (χ0n) is 16.7. The molecule has 8 nitrogen and oxygen atoms in total. The molecule has 150 valence electrons. The SMILES string of the molecule is CC[C@@]1(C)CCN(c2cc(C)c3nc(C45CC(CO4)C5C(=O)NN)nn3c2)C1. The zero-order chi connectivity index (χ0) is 19.7. The molecule has 2 aromatic rings. The maximum atomic E-state index is 12.2. The summed E-state index contributed by atoms with van der Waals surface area (Å²) in [4.78, 5) is 19.5. The number of hydrazine groups is 1. The molecular weight excluding hydrogens is 356 g/mol. The number of anilines is 1. The van der Waals surface area contributed by atoms with Crippen molar-refractivity contribution in [3.05, 3.63) is 23.7 Å². The molecule has 4 aliphatic rings. The van der Waals surface area contributed by atoms with Crippen molar-refractivity contribution in [2.24, 2.45) is 23.1 Å². The first-order valence-corrected chi connectivity index (χ1v) is 10.2. The van der Waals surface area contributed by atoms with E-state index < -0.39 is 5.60 Å². The van der Waals surface area contributed by atoms with Gasteiger partial charge in [-0.05, 0) is 43.2 Å². The molecule has 0 aromatic carbocycles. The van der Waals surface area contributed by atoms with Gasteiger partial charge in [0.25, 0.3) is 0 Å². The van der Waals surface area contributed by atoms with Crippen molar-refractivity contribution in [3.8, 4) is 0 Å². The molecule has 4 fully saturated rings. The smallest absolute Gasteiger partial charge is 0.240 e. The molecule has 1 saturated carbocycles. The Morgan fingerprint density at radius 3 is 3.00 bits per heavy atom. The van der Waals surface area contributed by atoms with Crippen LogP contribution in [0.5, 0.6) is 0 Å². The van der Waals surface area contributed by atoms with Gasteiger partial charge in [0.05, 0.1) is 24.4 Å². The number of pyridine rings is 1. The monoisotopic (exact) mass is 384 g/mol. The first-order chi connectivity index (χ1) is 13.4. The maximum Gasteiger partial charge on any atom is 0.240 e. The van der Waals surface area contributed by atoms with Crippen LogP contribution in [0.15, 0.2) is 12.3 Å². The number of hydrogen-bond acceptors (Lipinski definition) is 6. The summed E-state index contributed by atoms with van der Waals surface area (Å²) >= 11 is 0. The molecule has 0 spiro atoms. The second kappa shape index (κ2) is 5.90. The van der Waals surface area contributed by atoms with E-state index in [1.165, 1.54) is 18.5 Å². The number of aromatic nitrogens is 3. The van der Waals surface area contributed by atoms with E-state index in [2.05, 4.69) is 43.4 Å². The number of hydrogen-bond donors (Lipinski definition) is 2. The van der Waals surface area contributed by atoms with Crippen LogP contribution in [-0.2, 0) is 15.1 Å². The summed E-state index contributed by atoms with van der Waals surface area (Å²) in [6, 6.07) is 2.19. The fraction of sp³-hybridized carbons (Fsp3) is 0.650. The van der Waals surface area contributed by atoms with Crippen molar-refractivity contribution in [1.29, 1.82) is 0 Å². The van der Waals surface area contributed by atoms with Gasteiger partial charge in [-0.3, -0.25) is 10.2 Å². The number of nitrogens with zero attached hydrogens (tertiary/aromatic N) is 4. The highest BCUT2D eigenvalue weighted by molar-refractivity contribution is 5.81. The topological polar surface area (TPSA) is 97.8 Å². The molecular formula is C20H28N6O2. The van der Waals surface area contributed by atoms with Crippen LogP contribution >= 0.6 is 0 Å². The lowest BCUT2D eigenvalue weighted by atomic mass is 9.63. The standard InChI is InChI=1S/C20H28N6O2/c1-4-19(3)5-6-25(11-19)14-7-12(2)16-22-18(24-26(16)9-14)20-8-13(10-28-20)15(20)17(27)23-21/h7,9,13,15H,4-6,8,10-11,21H2,1-3H3,(H,23,27)/t13?,15?,19-,20?/m0/s1. The Morgan fingerprint density at radius 1 is 1.50 bits per heavy atom. The lowest BCUT2D eigenvalue weighted by molar-refractivity contribution is -0.143. The van der Waals surface area contributed by atoms with Crippen molar-refractivity contribution in [3.63, 3.8) is 0 Å². The van der Waals surface area contributed by atoms with Gasteiger partial charge in [-0.25, -0.2) is 15.3 Å². The molecule has 3 aliphatic heterocycles. The number of carbonyl (C=O) groups excluding carboxylic acids is 1. The molecule has 3 saturated heterocycles. The summed E-state index contributed by atoms with van der Waals surface area (Å²) in [6.45, 7) is 9.36.